The first-order valence-electron chi connectivity index (χ1n) is 5.39. The molecule has 0 aliphatic carbocycles. The number of carbonyl (C=O) groups excluding carboxylic acids is 2. The van der Waals surface area contributed by atoms with Crippen LogP contribution in [0.2, 0.25) is 0 Å². The molecule has 0 heterocycles. The van der Waals surface area contributed by atoms with Crippen molar-refractivity contribution in [3.8, 4) is 0 Å². The number of hydrogen-bond donors (Lipinski definition) is 2. The van der Waals surface area contributed by atoms with Gasteiger partial charge in [0.05, 0.1) is 0 Å². The number of alkyl halides is 2. The van der Waals surface area contributed by atoms with Crippen LogP contribution in [0.25, 0.3) is 0 Å². The molecule has 0 aliphatic heterocycles. The number of halogens is 2. The second-order valence-corrected chi connectivity index (χ2v) is 4.17. The third-order valence-electron chi connectivity index (χ3n) is 2.25. The molecular weight excluding hydrogens is 275 g/mol. The van der Waals surface area contributed by atoms with E-state index in [1.54, 1.807) is 0 Å². The average Bonchev–Trinajstić information content (AvgIpc) is 2.43. The maximum Gasteiger partial charge on any atom is 0.235 e. The number of amides is 2. The fourth-order valence-corrected chi connectivity index (χ4v) is 1.46. The minimum atomic E-state index is -0.199. The van der Waals surface area contributed by atoms with Crippen LogP contribution in [-0.2, 0) is 22.7 Å². The van der Waals surface area contributed by atoms with Gasteiger partial charge >= 0.3 is 0 Å². The minimum Gasteiger partial charge on any atom is -0.351 e. The Balaban J connectivity index is 2.42. The molecule has 1 aromatic rings. The monoisotopic (exact) mass is 288 g/mol. The second-order valence-electron chi connectivity index (χ2n) is 3.64. The maximum atomic E-state index is 11.0. The highest BCUT2D eigenvalue weighted by molar-refractivity contribution is 6.27. The molecule has 4 nitrogen and oxygen atoms in total. The highest BCUT2D eigenvalue weighted by Gasteiger charge is 2.00. The Morgan fingerprint density at radius 3 is 1.44 bits per heavy atom. The number of hydrogen-bond acceptors (Lipinski definition) is 2. The molecular formula is C12H14Cl2N2O2. The van der Waals surface area contributed by atoms with Gasteiger partial charge < -0.3 is 10.6 Å². The van der Waals surface area contributed by atoms with Gasteiger partial charge in [-0.25, -0.2) is 0 Å². The van der Waals surface area contributed by atoms with Crippen molar-refractivity contribution in [1.29, 1.82) is 0 Å². The summed E-state index contributed by atoms with van der Waals surface area (Å²) in [4.78, 5) is 21.9. The highest BCUT2D eigenvalue weighted by Crippen LogP contribution is 2.04. The lowest BCUT2D eigenvalue weighted by Gasteiger charge is -2.06. The normalized spacial score (nSPS) is 9.89. The molecule has 0 atom stereocenters. The summed E-state index contributed by atoms with van der Waals surface area (Å²) in [5.41, 5.74) is 1.95. The molecule has 0 radical (unpaired) electrons. The summed E-state index contributed by atoms with van der Waals surface area (Å²) in [6.45, 7) is 0.889. The molecule has 0 saturated heterocycles. The summed E-state index contributed by atoms with van der Waals surface area (Å²) in [7, 11) is 0. The fraction of sp³-hybridized carbons (Fsp3) is 0.333. The van der Waals surface area contributed by atoms with E-state index < -0.39 is 0 Å². The topological polar surface area (TPSA) is 58.2 Å². The first-order chi connectivity index (χ1) is 8.65. The zero-order valence-electron chi connectivity index (χ0n) is 9.71. The van der Waals surface area contributed by atoms with Gasteiger partial charge in [0.1, 0.15) is 11.8 Å². The zero-order valence-corrected chi connectivity index (χ0v) is 11.2. The van der Waals surface area contributed by atoms with Gasteiger partial charge in [-0.1, -0.05) is 24.3 Å². The van der Waals surface area contributed by atoms with Gasteiger partial charge in [0.15, 0.2) is 0 Å². The van der Waals surface area contributed by atoms with Crippen LogP contribution in [0.4, 0.5) is 0 Å². The Hall–Kier alpha value is -1.26. The van der Waals surface area contributed by atoms with Crippen molar-refractivity contribution < 1.29 is 9.59 Å². The van der Waals surface area contributed by atoms with E-state index in [4.69, 9.17) is 23.2 Å². The van der Waals surface area contributed by atoms with Gasteiger partial charge in [-0.15, -0.1) is 23.2 Å². The molecule has 18 heavy (non-hydrogen) atoms. The second kappa shape index (κ2) is 7.95. The van der Waals surface area contributed by atoms with Gasteiger partial charge in [-0.3, -0.25) is 9.59 Å². The minimum absolute atomic E-state index is 0.0391. The molecule has 2 amide bonds. The van der Waals surface area contributed by atoms with Gasteiger partial charge in [0, 0.05) is 13.1 Å². The van der Waals surface area contributed by atoms with E-state index in [1.165, 1.54) is 0 Å². The van der Waals surface area contributed by atoms with Crippen molar-refractivity contribution in [1.82, 2.24) is 10.6 Å². The molecule has 2 N–H and O–H groups in total. The molecule has 0 aliphatic rings. The molecule has 0 saturated carbocycles. The van der Waals surface area contributed by atoms with Crippen LogP contribution < -0.4 is 10.6 Å². The van der Waals surface area contributed by atoms with Gasteiger partial charge in [-0.2, -0.15) is 0 Å². The lowest BCUT2D eigenvalue weighted by Crippen LogP contribution is -2.24. The molecule has 0 bridgehead atoms. The molecule has 0 unspecified atom stereocenters. The van der Waals surface area contributed by atoms with E-state index in [-0.39, 0.29) is 23.6 Å². The third-order valence-corrected chi connectivity index (χ3v) is 2.73. The van der Waals surface area contributed by atoms with Crippen molar-refractivity contribution in [3.05, 3.63) is 35.4 Å². The van der Waals surface area contributed by atoms with Gasteiger partial charge in [0.2, 0.25) is 11.8 Å². The van der Waals surface area contributed by atoms with E-state index in [9.17, 15) is 9.59 Å². The number of carbonyl (C=O) groups is 2. The van der Waals surface area contributed by atoms with Crippen LogP contribution in [0.15, 0.2) is 24.3 Å². The molecule has 0 aromatic heterocycles. The highest BCUT2D eigenvalue weighted by atomic mass is 35.5. The predicted octanol–water partition coefficient (Wildman–Crippen LogP) is 1.40. The standard InChI is InChI=1S/C12H14Cl2N2O2/c13-5-11(17)15-7-9-1-2-10(4-3-9)8-16-12(18)6-14/h1-4H,5-8H2,(H,15,17)(H,16,18). The smallest absolute Gasteiger partial charge is 0.235 e. The summed E-state index contributed by atoms with van der Waals surface area (Å²) < 4.78 is 0. The van der Waals surface area contributed by atoms with Crippen LogP contribution in [0.1, 0.15) is 11.1 Å². The van der Waals surface area contributed by atoms with Crippen LogP contribution in [0.3, 0.4) is 0 Å². The number of benzene rings is 1. The van der Waals surface area contributed by atoms with E-state index in [0.717, 1.165) is 11.1 Å². The first kappa shape index (κ1) is 14.8. The predicted molar refractivity (Wildman–Crippen MR) is 71.6 cm³/mol. The van der Waals surface area contributed by atoms with Crippen molar-refractivity contribution in [3.63, 3.8) is 0 Å². The summed E-state index contributed by atoms with van der Waals surface area (Å²) in [5, 5.41) is 5.34. The van der Waals surface area contributed by atoms with Gasteiger partial charge in [-0.05, 0) is 11.1 Å². The Morgan fingerprint density at radius 1 is 0.833 bits per heavy atom. The summed E-state index contributed by atoms with van der Waals surface area (Å²) in [5.74, 6) is -0.476. The summed E-state index contributed by atoms with van der Waals surface area (Å²) in [6, 6.07) is 7.54. The van der Waals surface area contributed by atoms with Crippen LogP contribution in [-0.4, -0.2) is 23.6 Å². The SMILES string of the molecule is O=C(CCl)NCc1ccc(CNC(=O)CCl)cc1. The zero-order chi connectivity index (χ0) is 13.4. The molecule has 98 valence electrons. The van der Waals surface area contributed by atoms with Gasteiger partial charge in [0.25, 0.3) is 0 Å². The summed E-state index contributed by atoms with van der Waals surface area (Å²) >= 11 is 10.7. The quantitative estimate of drug-likeness (QED) is 0.778. The first-order valence-corrected chi connectivity index (χ1v) is 6.45. The fourth-order valence-electron chi connectivity index (χ4n) is 1.27. The number of rotatable bonds is 6. The Morgan fingerprint density at radius 2 is 1.17 bits per heavy atom. The lowest BCUT2D eigenvalue weighted by molar-refractivity contribution is -0.119. The van der Waals surface area contributed by atoms with Crippen LogP contribution in [0, 0.1) is 0 Å². The molecule has 1 aromatic carbocycles. The third kappa shape index (κ3) is 5.38. The van der Waals surface area contributed by atoms with Crippen LogP contribution >= 0.6 is 23.2 Å². The van der Waals surface area contributed by atoms with Crippen molar-refractivity contribution in [2.45, 2.75) is 13.1 Å². The van der Waals surface area contributed by atoms with E-state index in [1.807, 2.05) is 24.3 Å². The maximum absolute atomic E-state index is 11.0. The Kier molecular flexibility index (Phi) is 6.54. The summed E-state index contributed by atoms with van der Waals surface area (Å²) in [6.07, 6.45) is 0. The molecule has 6 heteroatoms. The van der Waals surface area contributed by atoms with Crippen molar-refractivity contribution in [2.24, 2.45) is 0 Å². The lowest BCUT2D eigenvalue weighted by atomic mass is 10.1. The Labute approximate surface area is 116 Å². The van der Waals surface area contributed by atoms with E-state index in [2.05, 4.69) is 10.6 Å². The van der Waals surface area contributed by atoms with E-state index >= 15 is 0 Å². The Bertz CT molecular complexity index is 368. The average molecular weight is 289 g/mol. The van der Waals surface area contributed by atoms with Crippen molar-refractivity contribution in [2.75, 3.05) is 11.8 Å². The molecule has 0 spiro atoms. The van der Waals surface area contributed by atoms with Crippen LogP contribution in [0.5, 0.6) is 0 Å². The molecule has 0 fully saturated rings. The van der Waals surface area contributed by atoms with E-state index in [0.29, 0.717) is 13.1 Å². The largest absolute Gasteiger partial charge is 0.351 e. The number of nitrogens with one attached hydrogen (secondary N) is 2. The molecule has 1 rings (SSSR count). The van der Waals surface area contributed by atoms with Crippen molar-refractivity contribution >= 4 is 35.0 Å².